The Kier molecular flexibility index (Phi) is 6.66. The second kappa shape index (κ2) is 9.68. The molecule has 2 atom stereocenters. The number of carbonyl (C=O) groups excluding carboxylic acids is 3. The zero-order valence-corrected chi connectivity index (χ0v) is 20.5. The molecule has 0 aliphatic carbocycles. The summed E-state index contributed by atoms with van der Waals surface area (Å²) in [5, 5.41) is 10.3. The second-order valence-electron chi connectivity index (χ2n) is 9.85. The van der Waals surface area contributed by atoms with E-state index in [9.17, 15) is 32.7 Å². The van der Waals surface area contributed by atoms with Gasteiger partial charge in [-0.15, -0.1) is 13.2 Å². The number of benzene rings is 2. The summed E-state index contributed by atoms with van der Waals surface area (Å²) in [5.74, 6) is -1.59. The summed E-state index contributed by atoms with van der Waals surface area (Å²) in [6, 6.07) is 11.4. The summed E-state index contributed by atoms with van der Waals surface area (Å²) in [4.78, 5) is 43.7. The van der Waals surface area contributed by atoms with Gasteiger partial charge >= 0.3 is 12.3 Å². The Morgan fingerprint density at radius 3 is 2.45 bits per heavy atom. The van der Waals surface area contributed by atoms with Gasteiger partial charge in [-0.05, 0) is 41.8 Å². The van der Waals surface area contributed by atoms with Crippen molar-refractivity contribution in [3.63, 3.8) is 0 Å². The molecule has 12 heteroatoms. The van der Waals surface area contributed by atoms with E-state index < -0.39 is 30.0 Å². The minimum Gasteiger partial charge on any atom is -0.465 e. The molecule has 0 aromatic heterocycles. The van der Waals surface area contributed by atoms with E-state index in [1.54, 1.807) is 35.2 Å². The molecule has 2 aromatic carbocycles. The van der Waals surface area contributed by atoms with E-state index in [1.165, 1.54) is 30.2 Å². The summed E-state index contributed by atoms with van der Waals surface area (Å²) in [7, 11) is 1.28. The van der Waals surface area contributed by atoms with Crippen LogP contribution in [0.2, 0.25) is 0 Å². The Labute approximate surface area is 216 Å². The third kappa shape index (κ3) is 4.86. The Hall–Kier alpha value is -3.48. The largest absolute Gasteiger partial charge is 0.573 e. The van der Waals surface area contributed by atoms with Crippen LogP contribution in [-0.4, -0.2) is 88.4 Å². The third-order valence-electron chi connectivity index (χ3n) is 7.25. The number of piperazine rings is 1. The van der Waals surface area contributed by atoms with Crippen LogP contribution in [0.3, 0.4) is 0 Å². The first-order chi connectivity index (χ1) is 18.0. The number of methoxy groups -OCH3 is 1. The number of rotatable bonds is 6. The topological polar surface area (TPSA) is 99.6 Å². The van der Waals surface area contributed by atoms with Gasteiger partial charge in [0.25, 0.3) is 5.91 Å². The van der Waals surface area contributed by atoms with Gasteiger partial charge in [-0.3, -0.25) is 24.3 Å². The van der Waals surface area contributed by atoms with E-state index in [1.807, 2.05) is 4.90 Å². The van der Waals surface area contributed by atoms with Crippen LogP contribution in [0.4, 0.5) is 13.2 Å². The predicted octanol–water partition coefficient (Wildman–Crippen LogP) is 1.93. The quantitative estimate of drug-likeness (QED) is 0.445. The SMILES string of the molecule is COC(=O)c1ccc(CN2C(=O)[C@@H]3C[C@@H](O)CN3C3(CN(Cc4cccc(OC(F)(F)F)c4)C3)C2=O)cc1. The highest BCUT2D eigenvalue weighted by Gasteiger charge is 2.64. The van der Waals surface area contributed by atoms with Crippen molar-refractivity contribution in [1.29, 1.82) is 0 Å². The Morgan fingerprint density at radius 2 is 1.79 bits per heavy atom. The lowest BCUT2D eigenvalue weighted by Crippen LogP contribution is -2.81. The standard InChI is InChI=1S/C26H26F3N3O6/c1-37-23(35)18-7-5-16(6-8-18)12-31-22(34)21-10-19(33)13-32(21)25(24(31)36)14-30(15-25)11-17-3-2-4-20(9-17)38-26(27,28)29/h2-9,19,21,33H,10-15H2,1H3/t19-,21+/m1/s1. The maximum atomic E-state index is 13.8. The number of ether oxygens (including phenoxy) is 2. The van der Waals surface area contributed by atoms with Crippen LogP contribution in [-0.2, 0) is 27.4 Å². The van der Waals surface area contributed by atoms with E-state index in [2.05, 4.69) is 4.74 Å². The first kappa shape index (κ1) is 26.1. The van der Waals surface area contributed by atoms with Crippen molar-refractivity contribution in [3.05, 3.63) is 65.2 Å². The van der Waals surface area contributed by atoms with Crippen LogP contribution in [0.15, 0.2) is 48.5 Å². The molecule has 0 bridgehead atoms. The Balaban J connectivity index is 1.33. The summed E-state index contributed by atoms with van der Waals surface area (Å²) in [5.41, 5.74) is 0.552. The summed E-state index contributed by atoms with van der Waals surface area (Å²) < 4.78 is 46.5. The fraction of sp³-hybridized carbons (Fsp3) is 0.423. The van der Waals surface area contributed by atoms with Gasteiger partial charge in [0.05, 0.1) is 31.4 Å². The molecule has 202 valence electrons. The molecule has 0 saturated carbocycles. The minimum absolute atomic E-state index is 0.0120. The molecule has 5 rings (SSSR count). The van der Waals surface area contributed by atoms with Crippen molar-refractivity contribution in [2.45, 2.75) is 43.6 Å². The number of hydrogen-bond acceptors (Lipinski definition) is 8. The molecule has 2 aromatic rings. The van der Waals surface area contributed by atoms with Crippen molar-refractivity contribution < 1.29 is 42.1 Å². The fourth-order valence-electron chi connectivity index (χ4n) is 5.59. The van der Waals surface area contributed by atoms with Crippen molar-refractivity contribution >= 4 is 17.8 Å². The number of esters is 1. The minimum atomic E-state index is -4.80. The van der Waals surface area contributed by atoms with Gasteiger partial charge in [0.1, 0.15) is 11.3 Å². The van der Waals surface area contributed by atoms with Gasteiger partial charge in [0.2, 0.25) is 5.91 Å². The molecular weight excluding hydrogens is 507 g/mol. The molecule has 9 nitrogen and oxygen atoms in total. The molecular formula is C26H26F3N3O6. The summed E-state index contributed by atoms with van der Waals surface area (Å²) >= 11 is 0. The smallest absolute Gasteiger partial charge is 0.465 e. The van der Waals surface area contributed by atoms with Crippen molar-refractivity contribution in [3.8, 4) is 5.75 Å². The number of alkyl halides is 3. The molecule has 38 heavy (non-hydrogen) atoms. The van der Waals surface area contributed by atoms with Crippen LogP contribution in [0.1, 0.15) is 27.9 Å². The normalized spacial score (nSPS) is 23.3. The molecule has 3 fully saturated rings. The lowest BCUT2D eigenvalue weighted by molar-refractivity contribution is -0.274. The van der Waals surface area contributed by atoms with Gasteiger partial charge in [-0.1, -0.05) is 24.3 Å². The first-order valence-electron chi connectivity index (χ1n) is 12.0. The highest BCUT2D eigenvalue weighted by atomic mass is 19.4. The highest BCUT2D eigenvalue weighted by molar-refractivity contribution is 6.06. The van der Waals surface area contributed by atoms with Gasteiger partial charge in [-0.25, -0.2) is 4.79 Å². The van der Waals surface area contributed by atoms with Gasteiger partial charge in [0, 0.05) is 26.2 Å². The average molecular weight is 534 g/mol. The van der Waals surface area contributed by atoms with Crippen LogP contribution in [0, 0.1) is 0 Å². The second-order valence-corrected chi connectivity index (χ2v) is 9.85. The zero-order valence-electron chi connectivity index (χ0n) is 20.5. The molecule has 0 radical (unpaired) electrons. The number of aliphatic hydroxyl groups is 1. The Bertz CT molecular complexity index is 1250. The molecule has 3 aliphatic heterocycles. The highest BCUT2D eigenvalue weighted by Crippen LogP contribution is 2.41. The first-order valence-corrected chi connectivity index (χ1v) is 12.0. The van der Waals surface area contributed by atoms with E-state index >= 15 is 0 Å². The summed E-state index contributed by atoms with van der Waals surface area (Å²) in [6.07, 6.45) is -5.34. The molecule has 0 unspecified atom stereocenters. The van der Waals surface area contributed by atoms with Gasteiger partial charge < -0.3 is 14.6 Å². The maximum absolute atomic E-state index is 13.8. The van der Waals surface area contributed by atoms with Gasteiger partial charge in [-0.2, -0.15) is 0 Å². The number of hydrogen-bond donors (Lipinski definition) is 1. The molecule has 2 amide bonds. The third-order valence-corrected chi connectivity index (χ3v) is 7.25. The predicted molar refractivity (Wildman–Crippen MR) is 126 cm³/mol. The van der Waals surface area contributed by atoms with E-state index in [4.69, 9.17) is 4.74 Å². The number of imide groups is 1. The number of nitrogens with zero attached hydrogens (tertiary/aromatic N) is 3. The van der Waals surface area contributed by atoms with Crippen LogP contribution >= 0.6 is 0 Å². The van der Waals surface area contributed by atoms with Crippen LogP contribution in [0.25, 0.3) is 0 Å². The molecule has 1 spiro atoms. The number of halogens is 3. The van der Waals surface area contributed by atoms with E-state index in [-0.39, 0.29) is 56.7 Å². The molecule has 3 saturated heterocycles. The van der Waals surface area contributed by atoms with Gasteiger partial charge in [0.15, 0.2) is 0 Å². The molecule has 3 heterocycles. The van der Waals surface area contributed by atoms with Crippen molar-refractivity contribution in [1.82, 2.24) is 14.7 Å². The molecule has 3 aliphatic rings. The van der Waals surface area contributed by atoms with E-state index in [0.717, 1.165) is 0 Å². The molecule has 1 N–H and O–H groups in total. The lowest BCUT2D eigenvalue weighted by Gasteiger charge is -2.58. The maximum Gasteiger partial charge on any atom is 0.573 e. The number of amides is 2. The average Bonchev–Trinajstić information content (AvgIpc) is 3.24. The number of β-amino-alcohol motifs (C(OH)–C–C–N with tert-alkyl or cyclic N) is 1. The van der Waals surface area contributed by atoms with E-state index in [0.29, 0.717) is 16.7 Å². The summed E-state index contributed by atoms with van der Waals surface area (Å²) in [6.45, 7) is 0.994. The van der Waals surface area contributed by atoms with Crippen LogP contribution in [0.5, 0.6) is 5.75 Å². The number of likely N-dealkylation sites (tertiary alicyclic amines) is 1. The fourth-order valence-corrected chi connectivity index (χ4v) is 5.59. The van der Waals surface area contributed by atoms with Crippen molar-refractivity contribution in [2.24, 2.45) is 0 Å². The lowest BCUT2D eigenvalue weighted by atomic mass is 9.82. The van der Waals surface area contributed by atoms with Crippen LogP contribution < -0.4 is 4.74 Å². The zero-order chi connectivity index (χ0) is 27.2. The van der Waals surface area contributed by atoms with Crippen molar-refractivity contribution in [2.75, 3.05) is 26.7 Å². The number of carbonyl (C=O) groups is 3. The Morgan fingerprint density at radius 1 is 1.08 bits per heavy atom. The number of aliphatic hydroxyl groups excluding tert-OH is 1. The monoisotopic (exact) mass is 533 g/mol. The number of fused-ring (bicyclic) bond motifs is 2.